The Labute approximate surface area is 122 Å². The first-order chi connectivity index (χ1) is 9.19. The summed E-state index contributed by atoms with van der Waals surface area (Å²) in [5.41, 5.74) is 2.22. The molecule has 3 nitrogen and oxygen atoms in total. The van der Waals surface area contributed by atoms with E-state index in [2.05, 4.69) is 39.2 Å². The van der Waals surface area contributed by atoms with Gasteiger partial charge in [-0.15, -0.1) is 0 Å². The van der Waals surface area contributed by atoms with E-state index in [1.807, 2.05) is 36.4 Å². The van der Waals surface area contributed by atoms with Gasteiger partial charge in [0.05, 0.1) is 12.8 Å². The number of hydrogen-bond acceptors (Lipinski definition) is 3. The summed E-state index contributed by atoms with van der Waals surface area (Å²) >= 11 is 3.38. The number of hydrogen-bond donors (Lipinski definition) is 1. The number of pyridine rings is 1. The molecule has 0 amide bonds. The minimum atomic E-state index is 0.246. The quantitative estimate of drug-likeness (QED) is 0.853. The maximum absolute atomic E-state index is 5.24. The van der Waals surface area contributed by atoms with Crippen molar-refractivity contribution in [3.05, 3.63) is 58.3 Å². The highest BCUT2D eigenvalue weighted by Gasteiger charge is 2.06. The van der Waals surface area contributed by atoms with Crippen molar-refractivity contribution < 1.29 is 4.74 Å². The summed E-state index contributed by atoms with van der Waals surface area (Å²) in [6, 6.07) is 14.3. The zero-order valence-electron chi connectivity index (χ0n) is 11.1. The number of rotatable bonds is 5. The summed E-state index contributed by atoms with van der Waals surface area (Å²) in [5, 5.41) is 3.45. The fourth-order valence-corrected chi connectivity index (χ4v) is 2.22. The molecule has 2 aromatic rings. The van der Waals surface area contributed by atoms with E-state index in [9.17, 15) is 0 Å². The third kappa shape index (κ3) is 4.04. The lowest BCUT2D eigenvalue weighted by molar-refractivity contribution is 0.413. The first kappa shape index (κ1) is 14.0. The topological polar surface area (TPSA) is 34.1 Å². The lowest BCUT2D eigenvalue weighted by Crippen LogP contribution is -2.18. The van der Waals surface area contributed by atoms with Crippen molar-refractivity contribution in [1.29, 1.82) is 0 Å². The van der Waals surface area contributed by atoms with Crippen molar-refractivity contribution >= 4 is 15.9 Å². The maximum Gasteiger partial charge on any atom is 0.119 e. The van der Waals surface area contributed by atoms with Gasteiger partial charge in [-0.2, -0.15) is 0 Å². The Morgan fingerprint density at radius 2 is 2.05 bits per heavy atom. The lowest BCUT2D eigenvalue weighted by Gasteiger charge is -2.15. The van der Waals surface area contributed by atoms with Crippen LogP contribution < -0.4 is 10.1 Å². The number of methoxy groups -OCH3 is 1. The van der Waals surface area contributed by atoms with E-state index in [4.69, 9.17) is 4.74 Å². The summed E-state index contributed by atoms with van der Waals surface area (Å²) in [7, 11) is 1.68. The van der Waals surface area contributed by atoms with Gasteiger partial charge < -0.3 is 10.1 Å². The number of ether oxygens (including phenoxy) is 1. The van der Waals surface area contributed by atoms with Crippen LogP contribution in [-0.4, -0.2) is 12.1 Å². The molecule has 4 heteroatoms. The highest BCUT2D eigenvalue weighted by Crippen LogP contribution is 2.19. The van der Waals surface area contributed by atoms with E-state index in [0.29, 0.717) is 0 Å². The second kappa shape index (κ2) is 6.68. The van der Waals surface area contributed by atoms with E-state index in [-0.39, 0.29) is 6.04 Å². The first-order valence-electron chi connectivity index (χ1n) is 6.18. The SMILES string of the molecule is COc1cccc([C@@H](C)NCc2cccc(Br)n2)c1. The van der Waals surface area contributed by atoms with Crippen LogP contribution >= 0.6 is 15.9 Å². The molecule has 0 bridgehead atoms. The van der Waals surface area contributed by atoms with Gasteiger partial charge in [-0.05, 0) is 52.7 Å². The van der Waals surface area contributed by atoms with Crippen molar-refractivity contribution in [2.45, 2.75) is 19.5 Å². The molecule has 0 spiro atoms. The first-order valence-corrected chi connectivity index (χ1v) is 6.97. The van der Waals surface area contributed by atoms with Gasteiger partial charge in [0.2, 0.25) is 0 Å². The van der Waals surface area contributed by atoms with Crippen LogP contribution in [-0.2, 0) is 6.54 Å². The summed E-state index contributed by atoms with van der Waals surface area (Å²) in [5.74, 6) is 0.881. The molecule has 0 saturated carbocycles. The Morgan fingerprint density at radius 3 is 2.79 bits per heavy atom. The average Bonchev–Trinajstić information content (AvgIpc) is 2.45. The Morgan fingerprint density at radius 1 is 1.26 bits per heavy atom. The van der Waals surface area contributed by atoms with Crippen LogP contribution in [0.3, 0.4) is 0 Å². The molecule has 0 aliphatic heterocycles. The number of nitrogens with one attached hydrogen (secondary N) is 1. The van der Waals surface area contributed by atoms with Gasteiger partial charge in [0.15, 0.2) is 0 Å². The van der Waals surface area contributed by atoms with Crippen molar-refractivity contribution in [3.8, 4) is 5.75 Å². The molecule has 1 N–H and O–H groups in total. The van der Waals surface area contributed by atoms with E-state index in [1.165, 1.54) is 5.56 Å². The highest BCUT2D eigenvalue weighted by molar-refractivity contribution is 9.10. The van der Waals surface area contributed by atoms with Gasteiger partial charge in [0.25, 0.3) is 0 Å². The molecule has 2 rings (SSSR count). The summed E-state index contributed by atoms with van der Waals surface area (Å²) in [6.07, 6.45) is 0. The van der Waals surface area contributed by atoms with Gasteiger partial charge >= 0.3 is 0 Å². The smallest absolute Gasteiger partial charge is 0.119 e. The van der Waals surface area contributed by atoms with Gasteiger partial charge in [0, 0.05) is 12.6 Å². The zero-order chi connectivity index (χ0) is 13.7. The molecule has 0 aliphatic carbocycles. The minimum absolute atomic E-state index is 0.246. The van der Waals surface area contributed by atoms with Crippen LogP contribution in [0.1, 0.15) is 24.2 Å². The maximum atomic E-state index is 5.24. The van der Waals surface area contributed by atoms with Gasteiger partial charge in [-0.1, -0.05) is 18.2 Å². The monoisotopic (exact) mass is 320 g/mol. The van der Waals surface area contributed by atoms with Crippen LogP contribution in [0, 0.1) is 0 Å². The predicted molar refractivity (Wildman–Crippen MR) is 80.2 cm³/mol. The number of halogens is 1. The molecule has 1 aromatic carbocycles. The van der Waals surface area contributed by atoms with E-state index in [1.54, 1.807) is 7.11 Å². The van der Waals surface area contributed by atoms with Crippen LogP contribution in [0.15, 0.2) is 47.1 Å². The minimum Gasteiger partial charge on any atom is -0.497 e. The van der Waals surface area contributed by atoms with Gasteiger partial charge in [0.1, 0.15) is 10.4 Å². The molecule has 0 radical (unpaired) electrons. The Bertz CT molecular complexity index is 545. The van der Waals surface area contributed by atoms with Gasteiger partial charge in [-0.3, -0.25) is 0 Å². The largest absolute Gasteiger partial charge is 0.497 e. The second-order valence-electron chi connectivity index (χ2n) is 4.33. The molecular formula is C15H17BrN2O. The summed E-state index contributed by atoms with van der Waals surface area (Å²) < 4.78 is 6.10. The Hall–Kier alpha value is -1.39. The van der Waals surface area contributed by atoms with Crippen LogP contribution in [0.2, 0.25) is 0 Å². The van der Waals surface area contributed by atoms with Crippen LogP contribution in [0.25, 0.3) is 0 Å². The van der Waals surface area contributed by atoms with Gasteiger partial charge in [-0.25, -0.2) is 4.98 Å². The fraction of sp³-hybridized carbons (Fsp3) is 0.267. The van der Waals surface area contributed by atoms with E-state index >= 15 is 0 Å². The fourth-order valence-electron chi connectivity index (χ4n) is 1.84. The molecule has 1 aromatic heterocycles. The highest BCUT2D eigenvalue weighted by atomic mass is 79.9. The van der Waals surface area contributed by atoms with Crippen LogP contribution in [0.4, 0.5) is 0 Å². The molecule has 100 valence electrons. The molecule has 0 unspecified atom stereocenters. The van der Waals surface area contributed by atoms with Crippen molar-refractivity contribution in [2.75, 3.05) is 7.11 Å². The second-order valence-corrected chi connectivity index (χ2v) is 5.14. The van der Waals surface area contributed by atoms with E-state index in [0.717, 1.165) is 22.6 Å². The molecule has 0 aliphatic rings. The molecule has 1 atom stereocenters. The Balaban J connectivity index is 1.99. The van der Waals surface area contributed by atoms with Crippen LogP contribution in [0.5, 0.6) is 5.75 Å². The number of benzene rings is 1. The van der Waals surface area contributed by atoms with Crippen molar-refractivity contribution in [3.63, 3.8) is 0 Å². The van der Waals surface area contributed by atoms with E-state index < -0.39 is 0 Å². The third-order valence-electron chi connectivity index (χ3n) is 2.96. The number of nitrogens with zero attached hydrogens (tertiary/aromatic N) is 1. The number of aromatic nitrogens is 1. The molecular weight excluding hydrogens is 304 g/mol. The molecule has 0 saturated heterocycles. The third-order valence-corrected chi connectivity index (χ3v) is 3.40. The van der Waals surface area contributed by atoms with Crippen molar-refractivity contribution in [2.24, 2.45) is 0 Å². The summed E-state index contributed by atoms with van der Waals surface area (Å²) in [6.45, 7) is 2.87. The molecule has 1 heterocycles. The lowest BCUT2D eigenvalue weighted by atomic mass is 10.1. The Kier molecular flexibility index (Phi) is 4.93. The normalized spacial score (nSPS) is 12.2. The molecule has 19 heavy (non-hydrogen) atoms. The molecule has 0 fully saturated rings. The summed E-state index contributed by atoms with van der Waals surface area (Å²) in [4.78, 5) is 4.40. The van der Waals surface area contributed by atoms with Crippen molar-refractivity contribution in [1.82, 2.24) is 10.3 Å². The average molecular weight is 321 g/mol. The predicted octanol–water partition coefficient (Wildman–Crippen LogP) is 3.70. The zero-order valence-corrected chi connectivity index (χ0v) is 12.6. The standard InChI is InChI=1S/C15H17BrN2O/c1-11(12-5-3-7-14(9-12)19-2)17-10-13-6-4-8-15(16)18-13/h3-9,11,17H,10H2,1-2H3/t11-/m1/s1.